The zero-order valence-electron chi connectivity index (χ0n) is 8.81. The number of halogens is 1. The second kappa shape index (κ2) is 9.93. The molecule has 80 valence electrons. The summed E-state index contributed by atoms with van der Waals surface area (Å²) < 4.78 is 17.0. The highest BCUT2D eigenvalue weighted by Gasteiger charge is 1.93. The van der Waals surface area contributed by atoms with E-state index in [2.05, 4.69) is 5.32 Å². The zero-order chi connectivity index (χ0) is 9.94. The van der Waals surface area contributed by atoms with Crippen LogP contribution in [0.5, 0.6) is 0 Å². The van der Waals surface area contributed by atoms with E-state index in [1.165, 1.54) is 0 Å². The first kappa shape index (κ1) is 12.8. The molecule has 0 unspecified atom stereocenters. The molecule has 0 aliphatic heterocycles. The molecule has 0 atom stereocenters. The van der Waals surface area contributed by atoms with E-state index in [1.54, 1.807) is 0 Å². The van der Waals surface area contributed by atoms with E-state index in [9.17, 15) is 4.39 Å². The van der Waals surface area contributed by atoms with Crippen LogP contribution in [0.4, 0.5) is 4.39 Å². The van der Waals surface area contributed by atoms with E-state index in [4.69, 9.17) is 4.74 Å². The van der Waals surface area contributed by atoms with Gasteiger partial charge < -0.3 is 10.1 Å². The van der Waals surface area contributed by atoms with Crippen molar-refractivity contribution in [3.8, 4) is 0 Å². The summed E-state index contributed by atoms with van der Waals surface area (Å²) in [6.45, 7) is 6.47. The van der Waals surface area contributed by atoms with Gasteiger partial charge in [-0.3, -0.25) is 4.39 Å². The number of hydrogen-bond acceptors (Lipinski definition) is 2. The highest BCUT2D eigenvalue weighted by molar-refractivity contribution is 4.48. The number of alkyl halides is 1. The number of unbranched alkanes of at least 4 members (excludes halogenated alkanes) is 1. The molecule has 0 aromatic heterocycles. The summed E-state index contributed by atoms with van der Waals surface area (Å²) in [6.07, 6.45) is 3.15. The van der Waals surface area contributed by atoms with Gasteiger partial charge >= 0.3 is 0 Å². The van der Waals surface area contributed by atoms with Crippen LogP contribution in [0.25, 0.3) is 0 Å². The van der Waals surface area contributed by atoms with E-state index in [0.29, 0.717) is 12.5 Å². The third kappa shape index (κ3) is 11.9. The molecular weight excluding hydrogens is 169 g/mol. The fraction of sp³-hybridized carbons (Fsp3) is 1.00. The Morgan fingerprint density at radius 3 is 2.46 bits per heavy atom. The summed E-state index contributed by atoms with van der Waals surface area (Å²) >= 11 is 0. The van der Waals surface area contributed by atoms with Crippen LogP contribution in [0.1, 0.15) is 33.1 Å². The molecule has 1 N–H and O–H groups in total. The summed E-state index contributed by atoms with van der Waals surface area (Å²) in [5, 5.41) is 3.18. The number of rotatable bonds is 9. The molecule has 0 aliphatic rings. The van der Waals surface area contributed by atoms with Gasteiger partial charge in [-0.25, -0.2) is 0 Å². The summed E-state index contributed by atoms with van der Waals surface area (Å²) in [5.41, 5.74) is 0. The quantitative estimate of drug-likeness (QED) is 0.564. The average Bonchev–Trinajstić information content (AvgIpc) is 2.09. The van der Waals surface area contributed by atoms with Crippen LogP contribution in [0.2, 0.25) is 0 Å². The number of ether oxygens (including phenoxy) is 1. The summed E-state index contributed by atoms with van der Waals surface area (Å²) in [7, 11) is 0. The van der Waals surface area contributed by atoms with Gasteiger partial charge in [0.25, 0.3) is 0 Å². The van der Waals surface area contributed by atoms with Crippen LogP contribution in [0, 0.1) is 0 Å². The topological polar surface area (TPSA) is 21.3 Å². The second-order valence-corrected chi connectivity index (χ2v) is 3.42. The van der Waals surface area contributed by atoms with Crippen molar-refractivity contribution < 1.29 is 9.13 Å². The predicted molar refractivity (Wildman–Crippen MR) is 53.8 cm³/mol. The lowest BCUT2D eigenvalue weighted by atomic mass is 10.3. The van der Waals surface area contributed by atoms with Crippen molar-refractivity contribution in [3.05, 3.63) is 0 Å². The van der Waals surface area contributed by atoms with Gasteiger partial charge in [-0.15, -0.1) is 0 Å². The Morgan fingerprint density at radius 2 is 1.85 bits per heavy atom. The monoisotopic (exact) mass is 191 g/mol. The fourth-order valence-electron chi connectivity index (χ4n) is 0.988. The van der Waals surface area contributed by atoms with Gasteiger partial charge in [0.1, 0.15) is 0 Å². The van der Waals surface area contributed by atoms with Crippen LogP contribution in [0.15, 0.2) is 0 Å². The maximum absolute atomic E-state index is 11.7. The Morgan fingerprint density at radius 1 is 1.15 bits per heavy atom. The SMILES string of the molecule is CC(C)OCCCCNCCCF. The predicted octanol–water partition coefficient (Wildman–Crippen LogP) is 2.14. The minimum absolute atomic E-state index is 0.219. The normalized spacial score (nSPS) is 11.1. The van der Waals surface area contributed by atoms with E-state index in [0.717, 1.165) is 32.5 Å². The molecule has 0 aromatic carbocycles. The highest BCUT2D eigenvalue weighted by Crippen LogP contribution is 1.93. The number of hydrogen-bond donors (Lipinski definition) is 1. The smallest absolute Gasteiger partial charge is 0.0906 e. The summed E-state index contributed by atoms with van der Waals surface area (Å²) in [5.74, 6) is 0. The molecule has 13 heavy (non-hydrogen) atoms. The molecule has 0 fully saturated rings. The van der Waals surface area contributed by atoms with Crippen LogP contribution in [-0.2, 0) is 4.74 Å². The Kier molecular flexibility index (Phi) is 9.82. The Labute approximate surface area is 80.9 Å². The van der Waals surface area contributed by atoms with Crippen molar-refractivity contribution in [1.82, 2.24) is 5.32 Å². The second-order valence-electron chi connectivity index (χ2n) is 3.42. The minimum Gasteiger partial charge on any atom is -0.379 e. The average molecular weight is 191 g/mol. The standard InChI is InChI=1S/C10H22FNO/c1-10(2)13-9-4-3-7-12-8-5-6-11/h10,12H,3-9H2,1-2H3. The molecule has 0 radical (unpaired) electrons. The van der Waals surface area contributed by atoms with Gasteiger partial charge in [-0.05, 0) is 46.2 Å². The van der Waals surface area contributed by atoms with Crippen molar-refractivity contribution in [2.45, 2.75) is 39.2 Å². The van der Waals surface area contributed by atoms with E-state index >= 15 is 0 Å². The molecule has 3 heteroatoms. The van der Waals surface area contributed by atoms with Crippen LogP contribution >= 0.6 is 0 Å². The highest BCUT2D eigenvalue weighted by atomic mass is 19.1. The number of nitrogens with one attached hydrogen (secondary N) is 1. The Bertz CT molecular complexity index is 98.9. The van der Waals surface area contributed by atoms with Crippen LogP contribution < -0.4 is 5.32 Å². The first-order valence-corrected chi connectivity index (χ1v) is 5.15. The molecule has 0 amide bonds. The molecule has 0 aromatic rings. The Hall–Kier alpha value is -0.150. The van der Waals surface area contributed by atoms with E-state index in [-0.39, 0.29) is 6.67 Å². The molecule has 0 saturated heterocycles. The lowest BCUT2D eigenvalue weighted by molar-refractivity contribution is 0.0760. The van der Waals surface area contributed by atoms with Gasteiger partial charge in [-0.1, -0.05) is 0 Å². The largest absolute Gasteiger partial charge is 0.379 e. The van der Waals surface area contributed by atoms with E-state index < -0.39 is 0 Å². The minimum atomic E-state index is -0.219. The fourth-order valence-corrected chi connectivity index (χ4v) is 0.988. The molecular formula is C10H22FNO. The lowest BCUT2D eigenvalue weighted by Crippen LogP contribution is -2.17. The lowest BCUT2D eigenvalue weighted by Gasteiger charge is -2.07. The van der Waals surface area contributed by atoms with Gasteiger partial charge in [-0.2, -0.15) is 0 Å². The third-order valence-electron chi connectivity index (χ3n) is 1.69. The summed E-state index contributed by atoms with van der Waals surface area (Å²) in [4.78, 5) is 0. The van der Waals surface area contributed by atoms with E-state index in [1.807, 2.05) is 13.8 Å². The molecule has 0 heterocycles. The van der Waals surface area contributed by atoms with Crippen molar-refractivity contribution in [1.29, 1.82) is 0 Å². The molecule has 0 spiro atoms. The third-order valence-corrected chi connectivity index (χ3v) is 1.69. The molecule has 0 aliphatic carbocycles. The van der Waals surface area contributed by atoms with Gasteiger partial charge in [0.2, 0.25) is 0 Å². The van der Waals surface area contributed by atoms with Gasteiger partial charge in [0, 0.05) is 6.61 Å². The van der Waals surface area contributed by atoms with Crippen molar-refractivity contribution >= 4 is 0 Å². The van der Waals surface area contributed by atoms with Crippen molar-refractivity contribution in [3.63, 3.8) is 0 Å². The van der Waals surface area contributed by atoms with Crippen molar-refractivity contribution in [2.24, 2.45) is 0 Å². The van der Waals surface area contributed by atoms with Crippen molar-refractivity contribution in [2.75, 3.05) is 26.4 Å². The van der Waals surface area contributed by atoms with Crippen LogP contribution in [-0.4, -0.2) is 32.5 Å². The first-order valence-electron chi connectivity index (χ1n) is 5.15. The molecule has 0 saturated carbocycles. The van der Waals surface area contributed by atoms with Crippen LogP contribution in [0.3, 0.4) is 0 Å². The molecule has 2 nitrogen and oxygen atoms in total. The zero-order valence-corrected chi connectivity index (χ0v) is 8.81. The summed E-state index contributed by atoms with van der Waals surface area (Å²) in [6, 6.07) is 0. The Balaban J connectivity index is 2.84. The maximum Gasteiger partial charge on any atom is 0.0906 e. The maximum atomic E-state index is 11.7. The van der Waals surface area contributed by atoms with Gasteiger partial charge in [0.15, 0.2) is 0 Å². The van der Waals surface area contributed by atoms with Gasteiger partial charge in [0.05, 0.1) is 12.8 Å². The molecule has 0 rings (SSSR count). The molecule has 0 bridgehead atoms. The first-order chi connectivity index (χ1) is 6.27.